The Morgan fingerprint density at radius 2 is 2.00 bits per heavy atom. The predicted octanol–water partition coefficient (Wildman–Crippen LogP) is 1.42. The van der Waals surface area contributed by atoms with Crippen LogP contribution in [0.2, 0.25) is 0 Å². The molecule has 0 saturated heterocycles. The molecule has 0 aromatic carbocycles. The van der Waals surface area contributed by atoms with Crippen molar-refractivity contribution in [3.63, 3.8) is 0 Å². The van der Waals surface area contributed by atoms with Crippen LogP contribution >= 0.6 is 11.3 Å². The molecule has 0 fully saturated rings. The molecular formula is C14H23N3O2S. The van der Waals surface area contributed by atoms with Gasteiger partial charge in [0, 0.05) is 42.9 Å². The topological polar surface area (TPSA) is 75.4 Å². The largest absolute Gasteiger partial charge is 0.329 e. The van der Waals surface area contributed by atoms with Crippen molar-refractivity contribution >= 4 is 23.2 Å². The van der Waals surface area contributed by atoms with Crippen molar-refractivity contribution in [1.82, 2.24) is 10.2 Å². The summed E-state index contributed by atoms with van der Waals surface area (Å²) in [5.41, 5.74) is 7.07. The minimum atomic E-state index is -0.217. The third-order valence-corrected chi connectivity index (χ3v) is 4.39. The first-order chi connectivity index (χ1) is 9.43. The molecule has 0 aliphatic heterocycles. The molecule has 0 radical (unpaired) electrons. The Labute approximate surface area is 124 Å². The fourth-order valence-corrected chi connectivity index (χ4v) is 3.29. The monoisotopic (exact) mass is 297 g/mol. The second-order valence-corrected chi connectivity index (χ2v) is 5.92. The quantitative estimate of drug-likeness (QED) is 0.779. The third kappa shape index (κ3) is 3.65. The summed E-state index contributed by atoms with van der Waals surface area (Å²) < 4.78 is 0. The van der Waals surface area contributed by atoms with Crippen molar-refractivity contribution in [3.05, 3.63) is 20.9 Å². The fourth-order valence-electron chi connectivity index (χ4n) is 2.14. The maximum Gasteiger partial charge on any atom is 0.261 e. The second kappa shape index (κ2) is 7.52. The Kier molecular flexibility index (Phi) is 6.32. The van der Waals surface area contributed by atoms with Gasteiger partial charge in [-0.3, -0.25) is 14.5 Å². The summed E-state index contributed by atoms with van der Waals surface area (Å²) in [5, 5.41) is 3.23. The lowest BCUT2D eigenvalue weighted by atomic mass is 10.1. The standard InChI is InChI=1S/C14H23N3O2S/c1-5-17(11(4)18)14(19)13-9(2)12(20-10(13)3)8-16-7-6-15/h16H,5-8,15H2,1-4H3. The number of carbonyl (C=O) groups is 2. The van der Waals surface area contributed by atoms with Gasteiger partial charge in [0.05, 0.1) is 5.56 Å². The van der Waals surface area contributed by atoms with Crippen LogP contribution in [-0.2, 0) is 11.3 Å². The number of aryl methyl sites for hydroxylation is 1. The van der Waals surface area contributed by atoms with Gasteiger partial charge in [-0.25, -0.2) is 0 Å². The molecule has 0 spiro atoms. The summed E-state index contributed by atoms with van der Waals surface area (Å²) in [4.78, 5) is 27.3. The molecule has 0 atom stereocenters. The Morgan fingerprint density at radius 1 is 1.35 bits per heavy atom. The zero-order chi connectivity index (χ0) is 15.3. The molecule has 1 rings (SSSR count). The van der Waals surface area contributed by atoms with E-state index in [1.807, 2.05) is 13.8 Å². The summed E-state index contributed by atoms with van der Waals surface area (Å²) >= 11 is 1.60. The lowest BCUT2D eigenvalue weighted by Crippen LogP contribution is -2.35. The summed E-state index contributed by atoms with van der Waals surface area (Å²) in [6.07, 6.45) is 0. The molecule has 20 heavy (non-hydrogen) atoms. The van der Waals surface area contributed by atoms with Gasteiger partial charge in [0.25, 0.3) is 5.91 Å². The lowest BCUT2D eigenvalue weighted by Gasteiger charge is -2.17. The van der Waals surface area contributed by atoms with Crippen LogP contribution < -0.4 is 11.1 Å². The van der Waals surface area contributed by atoms with Crippen LogP contribution in [0, 0.1) is 13.8 Å². The van der Waals surface area contributed by atoms with E-state index in [1.54, 1.807) is 18.3 Å². The van der Waals surface area contributed by atoms with Crippen LogP contribution in [-0.4, -0.2) is 36.3 Å². The highest BCUT2D eigenvalue weighted by molar-refractivity contribution is 7.12. The highest BCUT2D eigenvalue weighted by atomic mass is 32.1. The first-order valence-electron chi connectivity index (χ1n) is 6.76. The Hall–Kier alpha value is -1.24. The SMILES string of the molecule is CCN(C(C)=O)C(=O)c1c(C)sc(CNCCN)c1C. The smallest absolute Gasteiger partial charge is 0.261 e. The molecule has 112 valence electrons. The number of nitrogens with zero attached hydrogens (tertiary/aromatic N) is 1. The predicted molar refractivity (Wildman–Crippen MR) is 81.9 cm³/mol. The molecule has 0 bridgehead atoms. The van der Waals surface area contributed by atoms with Crippen LogP contribution in [0.4, 0.5) is 0 Å². The number of rotatable bonds is 6. The Morgan fingerprint density at radius 3 is 2.50 bits per heavy atom. The van der Waals surface area contributed by atoms with Gasteiger partial charge in [0.2, 0.25) is 5.91 Å². The van der Waals surface area contributed by atoms with Gasteiger partial charge >= 0.3 is 0 Å². The number of nitrogens with one attached hydrogen (secondary N) is 1. The average molecular weight is 297 g/mol. The molecule has 5 nitrogen and oxygen atoms in total. The Balaban J connectivity index is 3.01. The average Bonchev–Trinajstić information content (AvgIpc) is 2.65. The zero-order valence-corrected chi connectivity index (χ0v) is 13.4. The van der Waals surface area contributed by atoms with E-state index in [0.717, 1.165) is 21.9 Å². The maximum absolute atomic E-state index is 12.5. The molecular weight excluding hydrogens is 274 g/mol. The van der Waals surface area contributed by atoms with E-state index < -0.39 is 0 Å². The first kappa shape index (κ1) is 16.8. The maximum atomic E-state index is 12.5. The number of nitrogens with two attached hydrogens (primary N) is 1. The lowest BCUT2D eigenvalue weighted by molar-refractivity contribution is -0.126. The molecule has 0 unspecified atom stereocenters. The number of hydrogen-bond donors (Lipinski definition) is 2. The molecule has 1 heterocycles. The van der Waals surface area contributed by atoms with Gasteiger partial charge < -0.3 is 11.1 Å². The summed E-state index contributed by atoms with van der Waals surface area (Å²) in [5.74, 6) is -0.415. The number of carbonyl (C=O) groups excluding carboxylic acids is 2. The Bertz CT molecular complexity index is 497. The van der Waals surface area contributed by atoms with Crippen molar-refractivity contribution in [1.29, 1.82) is 0 Å². The van der Waals surface area contributed by atoms with Crippen LogP contribution in [0.25, 0.3) is 0 Å². The number of amides is 2. The van der Waals surface area contributed by atoms with Crippen LogP contribution in [0.15, 0.2) is 0 Å². The van der Waals surface area contributed by atoms with E-state index in [1.165, 1.54) is 11.8 Å². The first-order valence-corrected chi connectivity index (χ1v) is 7.57. The number of thiophene rings is 1. The summed E-state index contributed by atoms with van der Waals surface area (Å²) in [6.45, 7) is 9.51. The minimum absolute atomic E-state index is 0.198. The van der Waals surface area contributed by atoms with Crippen molar-refractivity contribution < 1.29 is 9.59 Å². The van der Waals surface area contributed by atoms with Crippen LogP contribution in [0.5, 0.6) is 0 Å². The molecule has 1 aromatic heterocycles. The van der Waals surface area contributed by atoms with Gasteiger partial charge in [-0.1, -0.05) is 0 Å². The van der Waals surface area contributed by atoms with E-state index in [4.69, 9.17) is 5.73 Å². The molecule has 6 heteroatoms. The minimum Gasteiger partial charge on any atom is -0.329 e. The van der Waals surface area contributed by atoms with Crippen LogP contribution in [0.3, 0.4) is 0 Å². The van der Waals surface area contributed by atoms with E-state index in [2.05, 4.69) is 5.32 Å². The van der Waals surface area contributed by atoms with Gasteiger partial charge in [0.15, 0.2) is 0 Å². The molecule has 0 aliphatic carbocycles. The van der Waals surface area contributed by atoms with Crippen molar-refractivity contribution in [2.45, 2.75) is 34.2 Å². The molecule has 0 aliphatic rings. The highest BCUT2D eigenvalue weighted by Crippen LogP contribution is 2.28. The number of hydrogen-bond acceptors (Lipinski definition) is 5. The van der Waals surface area contributed by atoms with Gasteiger partial charge in [0.1, 0.15) is 0 Å². The number of imide groups is 1. The van der Waals surface area contributed by atoms with Gasteiger partial charge in [-0.05, 0) is 26.3 Å². The zero-order valence-electron chi connectivity index (χ0n) is 12.6. The summed E-state index contributed by atoms with van der Waals surface area (Å²) in [7, 11) is 0. The van der Waals surface area contributed by atoms with E-state index >= 15 is 0 Å². The highest BCUT2D eigenvalue weighted by Gasteiger charge is 2.24. The van der Waals surface area contributed by atoms with E-state index in [9.17, 15) is 9.59 Å². The third-order valence-electron chi connectivity index (χ3n) is 3.18. The summed E-state index contributed by atoms with van der Waals surface area (Å²) in [6, 6.07) is 0. The van der Waals surface area contributed by atoms with Crippen LogP contribution in [0.1, 0.15) is 39.5 Å². The van der Waals surface area contributed by atoms with E-state index in [-0.39, 0.29) is 11.8 Å². The van der Waals surface area contributed by atoms with Gasteiger partial charge in [-0.15, -0.1) is 11.3 Å². The van der Waals surface area contributed by atoms with E-state index in [0.29, 0.717) is 25.2 Å². The van der Waals surface area contributed by atoms with Crippen molar-refractivity contribution in [3.8, 4) is 0 Å². The molecule has 1 aromatic rings. The normalized spacial score (nSPS) is 10.7. The molecule has 2 amide bonds. The molecule has 0 saturated carbocycles. The van der Waals surface area contributed by atoms with Gasteiger partial charge in [-0.2, -0.15) is 0 Å². The second-order valence-electron chi connectivity index (χ2n) is 4.62. The van der Waals surface area contributed by atoms with Crippen molar-refractivity contribution in [2.75, 3.05) is 19.6 Å². The molecule has 3 N–H and O–H groups in total. The van der Waals surface area contributed by atoms with Crippen molar-refractivity contribution in [2.24, 2.45) is 5.73 Å². The fraction of sp³-hybridized carbons (Fsp3) is 0.571.